The zero-order chi connectivity index (χ0) is 18.7. The number of carbonyl (C=O) groups excluding carboxylic acids is 1. The predicted molar refractivity (Wildman–Crippen MR) is 102 cm³/mol. The number of aliphatic hydroxyl groups excluding tert-OH is 1. The molecule has 3 rings (SSSR count). The van der Waals surface area contributed by atoms with Crippen molar-refractivity contribution in [3.63, 3.8) is 0 Å². The number of aromatic nitrogens is 1. The Morgan fingerprint density at radius 1 is 1.12 bits per heavy atom. The van der Waals surface area contributed by atoms with Crippen LogP contribution in [0.5, 0.6) is 5.75 Å². The number of hydrogen-bond acceptors (Lipinski definition) is 4. The largest absolute Gasteiger partial charge is 0.505 e. The Balaban J connectivity index is 2.00. The Morgan fingerprint density at radius 3 is 2.46 bits per heavy atom. The van der Waals surface area contributed by atoms with E-state index in [9.17, 15) is 15.0 Å². The van der Waals surface area contributed by atoms with Crippen molar-refractivity contribution in [3.8, 4) is 11.4 Å². The van der Waals surface area contributed by atoms with Crippen LogP contribution < -0.4 is 5.32 Å². The fourth-order valence-corrected chi connectivity index (χ4v) is 3.06. The third-order valence-electron chi connectivity index (χ3n) is 4.15. The molecular weight excluding hydrogens is 330 g/mol. The summed E-state index contributed by atoms with van der Waals surface area (Å²) in [5.74, 6) is -0.496. The molecule has 1 atom stereocenters. The van der Waals surface area contributed by atoms with Gasteiger partial charge in [0.05, 0.1) is 11.6 Å². The third kappa shape index (κ3) is 3.56. The van der Waals surface area contributed by atoms with Gasteiger partial charge in [-0.25, -0.2) is 0 Å². The molecule has 3 N–H and O–H groups in total. The van der Waals surface area contributed by atoms with Crippen LogP contribution in [0.2, 0.25) is 0 Å². The fraction of sp³-hybridized carbons (Fsp3) is 0.250. The SMILES string of the molecule is CN(C)CC(O)CNC(=O)c1c(O)c2ccccc2n1-c1ccccc1. The van der Waals surface area contributed by atoms with Gasteiger partial charge in [-0.15, -0.1) is 0 Å². The molecule has 0 aliphatic rings. The summed E-state index contributed by atoms with van der Waals surface area (Å²) in [4.78, 5) is 14.6. The molecule has 0 bridgehead atoms. The molecule has 0 fully saturated rings. The van der Waals surface area contributed by atoms with E-state index in [-0.39, 0.29) is 18.0 Å². The highest BCUT2D eigenvalue weighted by molar-refractivity contribution is 6.05. The number of aromatic hydroxyl groups is 1. The van der Waals surface area contributed by atoms with Gasteiger partial charge >= 0.3 is 0 Å². The van der Waals surface area contributed by atoms with Crippen LogP contribution in [0.3, 0.4) is 0 Å². The van der Waals surface area contributed by atoms with E-state index in [0.717, 1.165) is 11.2 Å². The van der Waals surface area contributed by atoms with Crippen molar-refractivity contribution in [2.24, 2.45) is 0 Å². The summed E-state index contributed by atoms with van der Waals surface area (Å²) in [5.41, 5.74) is 1.69. The Bertz CT molecular complexity index is 903. The van der Waals surface area contributed by atoms with Crippen molar-refractivity contribution < 1.29 is 15.0 Å². The normalized spacial score (nSPS) is 12.5. The molecule has 0 saturated heterocycles. The lowest BCUT2D eigenvalue weighted by atomic mass is 10.2. The standard InChI is InChI=1S/C20H23N3O3/c1-22(2)13-15(24)12-21-20(26)18-19(25)16-10-6-7-11-17(16)23(18)14-8-4-3-5-9-14/h3-11,15,24-25H,12-13H2,1-2H3,(H,21,26). The van der Waals surface area contributed by atoms with Gasteiger partial charge in [-0.1, -0.05) is 30.3 Å². The molecule has 1 unspecified atom stereocenters. The van der Waals surface area contributed by atoms with Gasteiger partial charge in [0.15, 0.2) is 11.4 Å². The van der Waals surface area contributed by atoms with Crippen LogP contribution in [-0.4, -0.2) is 58.9 Å². The second kappa shape index (κ2) is 7.59. The summed E-state index contributed by atoms with van der Waals surface area (Å²) in [6.45, 7) is 0.542. The van der Waals surface area contributed by atoms with Crippen LogP contribution in [0.25, 0.3) is 16.6 Å². The zero-order valence-corrected chi connectivity index (χ0v) is 14.9. The minimum absolute atomic E-state index is 0.0657. The van der Waals surface area contributed by atoms with Gasteiger partial charge < -0.3 is 25.0 Å². The van der Waals surface area contributed by atoms with Gasteiger partial charge in [0, 0.05) is 24.2 Å². The molecule has 6 nitrogen and oxygen atoms in total. The average molecular weight is 353 g/mol. The molecule has 0 saturated carbocycles. The molecule has 2 aromatic carbocycles. The summed E-state index contributed by atoms with van der Waals surface area (Å²) in [5, 5.41) is 24.0. The van der Waals surface area contributed by atoms with E-state index < -0.39 is 12.0 Å². The zero-order valence-electron chi connectivity index (χ0n) is 14.9. The molecule has 3 aromatic rings. The van der Waals surface area contributed by atoms with E-state index >= 15 is 0 Å². The number of likely N-dealkylation sites (N-methyl/N-ethyl adjacent to an activating group) is 1. The van der Waals surface area contributed by atoms with Crippen LogP contribution in [0.15, 0.2) is 54.6 Å². The summed E-state index contributed by atoms with van der Waals surface area (Å²) in [6.07, 6.45) is -0.689. The number of fused-ring (bicyclic) bond motifs is 1. The number of para-hydroxylation sites is 2. The van der Waals surface area contributed by atoms with Crippen LogP contribution in [0.1, 0.15) is 10.5 Å². The van der Waals surface area contributed by atoms with Crippen molar-refractivity contribution in [2.45, 2.75) is 6.10 Å². The molecule has 1 amide bonds. The topological polar surface area (TPSA) is 77.7 Å². The van der Waals surface area contributed by atoms with Crippen LogP contribution in [0, 0.1) is 0 Å². The summed E-state index contributed by atoms with van der Waals surface area (Å²) < 4.78 is 1.73. The molecule has 0 spiro atoms. The maximum Gasteiger partial charge on any atom is 0.272 e. The van der Waals surface area contributed by atoms with E-state index in [1.54, 1.807) is 10.6 Å². The minimum Gasteiger partial charge on any atom is -0.505 e. The highest BCUT2D eigenvalue weighted by Crippen LogP contribution is 2.34. The highest BCUT2D eigenvalue weighted by atomic mass is 16.3. The number of benzene rings is 2. The number of amides is 1. The Kier molecular flexibility index (Phi) is 5.25. The molecule has 6 heteroatoms. The fourth-order valence-electron chi connectivity index (χ4n) is 3.06. The lowest BCUT2D eigenvalue weighted by Crippen LogP contribution is -2.38. The first-order chi connectivity index (χ1) is 12.5. The Morgan fingerprint density at radius 2 is 1.77 bits per heavy atom. The van der Waals surface area contributed by atoms with Crippen molar-refractivity contribution in [1.29, 1.82) is 0 Å². The van der Waals surface area contributed by atoms with Crippen molar-refractivity contribution >= 4 is 16.8 Å². The summed E-state index contributed by atoms with van der Waals surface area (Å²) in [7, 11) is 3.70. The molecular formula is C20H23N3O3. The number of nitrogens with one attached hydrogen (secondary N) is 1. The first-order valence-corrected chi connectivity index (χ1v) is 8.48. The number of nitrogens with zero attached hydrogens (tertiary/aromatic N) is 2. The lowest BCUT2D eigenvalue weighted by Gasteiger charge is -2.17. The van der Waals surface area contributed by atoms with Crippen molar-refractivity contribution in [3.05, 3.63) is 60.3 Å². The number of hydrogen-bond donors (Lipinski definition) is 3. The minimum atomic E-state index is -0.689. The molecule has 1 heterocycles. The van der Waals surface area contributed by atoms with Gasteiger partial charge in [0.25, 0.3) is 5.91 Å². The van der Waals surface area contributed by atoms with Gasteiger partial charge in [-0.05, 0) is 38.4 Å². The second-order valence-electron chi connectivity index (χ2n) is 6.51. The average Bonchev–Trinajstić information content (AvgIpc) is 2.93. The molecule has 0 radical (unpaired) electrons. The van der Waals surface area contributed by atoms with Crippen LogP contribution >= 0.6 is 0 Å². The van der Waals surface area contributed by atoms with E-state index in [0.29, 0.717) is 11.9 Å². The van der Waals surface area contributed by atoms with Crippen molar-refractivity contribution in [2.75, 3.05) is 27.2 Å². The maximum atomic E-state index is 12.8. The number of rotatable bonds is 6. The molecule has 0 aliphatic carbocycles. The quantitative estimate of drug-likeness (QED) is 0.633. The number of carbonyl (C=O) groups is 1. The van der Waals surface area contributed by atoms with E-state index in [1.165, 1.54) is 0 Å². The van der Waals surface area contributed by atoms with Gasteiger partial charge in [-0.2, -0.15) is 0 Å². The van der Waals surface area contributed by atoms with Crippen LogP contribution in [-0.2, 0) is 0 Å². The molecule has 136 valence electrons. The maximum absolute atomic E-state index is 12.8. The van der Waals surface area contributed by atoms with E-state index in [4.69, 9.17) is 0 Å². The molecule has 1 aromatic heterocycles. The summed E-state index contributed by atoms with van der Waals surface area (Å²) in [6, 6.07) is 16.7. The van der Waals surface area contributed by atoms with Gasteiger partial charge in [0.1, 0.15) is 0 Å². The first-order valence-electron chi connectivity index (χ1n) is 8.48. The molecule has 0 aliphatic heterocycles. The Labute approximate surface area is 152 Å². The second-order valence-corrected chi connectivity index (χ2v) is 6.51. The first kappa shape index (κ1) is 18.0. The van der Waals surface area contributed by atoms with Crippen molar-refractivity contribution in [1.82, 2.24) is 14.8 Å². The highest BCUT2D eigenvalue weighted by Gasteiger charge is 2.23. The predicted octanol–water partition coefficient (Wildman–Crippen LogP) is 1.99. The molecule has 26 heavy (non-hydrogen) atoms. The Hall–Kier alpha value is -2.83. The van der Waals surface area contributed by atoms with Crippen LogP contribution in [0.4, 0.5) is 0 Å². The lowest BCUT2D eigenvalue weighted by molar-refractivity contribution is 0.0883. The summed E-state index contributed by atoms with van der Waals surface area (Å²) >= 11 is 0. The monoisotopic (exact) mass is 353 g/mol. The number of aliphatic hydroxyl groups is 1. The van der Waals surface area contributed by atoms with E-state index in [2.05, 4.69) is 5.32 Å². The smallest absolute Gasteiger partial charge is 0.272 e. The van der Waals surface area contributed by atoms with Gasteiger partial charge in [-0.3, -0.25) is 4.79 Å². The third-order valence-corrected chi connectivity index (χ3v) is 4.15. The van der Waals surface area contributed by atoms with E-state index in [1.807, 2.05) is 67.5 Å². The van der Waals surface area contributed by atoms with Gasteiger partial charge in [0.2, 0.25) is 0 Å².